The number of nitriles is 3. The van der Waals surface area contributed by atoms with Crippen molar-refractivity contribution in [3.63, 3.8) is 0 Å². The van der Waals surface area contributed by atoms with Crippen LogP contribution >= 0.6 is 51.3 Å². The van der Waals surface area contributed by atoms with Gasteiger partial charge in [-0.25, -0.2) is 13.2 Å². The van der Waals surface area contributed by atoms with Gasteiger partial charge in [0.1, 0.15) is 51.9 Å². The minimum atomic E-state index is -0.297. The summed E-state index contributed by atoms with van der Waals surface area (Å²) < 4.78 is 64.2. The molecule has 81 heavy (non-hydrogen) atoms. The van der Waals surface area contributed by atoms with Crippen LogP contribution in [0.15, 0.2) is 240 Å². The molecule has 0 spiro atoms. The molecule has 0 fully saturated rings. The van der Waals surface area contributed by atoms with Gasteiger partial charge < -0.3 is 28.3 Å². The van der Waals surface area contributed by atoms with E-state index in [4.69, 9.17) is 19.5 Å². The topological polar surface area (TPSA) is 137 Å². The molecular formula is C64H44BBrF3IN7O3S. The summed E-state index contributed by atoms with van der Waals surface area (Å²) in [7, 11) is 4.34. The molecule has 0 unspecified atom stereocenters. The van der Waals surface area contributed by atoms with Crippen molar-refractivity contribution in [1.82, 2.24) is 14.1 Å². The molecule has 3 heterocycles. The van der Waals surface area contributed by atoms with Crippen molar-refractivity contribution in [2.45, 2.75) is 7.43 Å². The number of nitrogens with zero attached hydrogens (tertiary/aromatic N) is 6. The standard InChI is InChI=1S/C21H12BrFN2O.C21H13FN2O.C12H8FIO.C9H6N2.CH4.BHNS/c22-19-13-25(20-3-1-2-14(12-24)21(19)20)16-6-10-18(11-7-16)26-17-8-4-15(23)5-9-17;22-16-4-8-18(9-5-16)25-19-10-6-17(7-11-19)24-13-12-20-15(14-23)2-1-3-21(20)24;13-9-1-5-11(6-2-9)15-12-7-3-10(14)4-8-12;10-6-7-2-1-3-9-8(7)4-5-11-9;;1-2-3/h1-11,13H;1-13H;1-8H;1-5,11H;1H4;3H. The molecule has 3 aromatic heterocycles. The second-order valence-electron chi connectivity index (χ2n) is 16.8. The molecule has 0 bridgehead atoms. The zero-order valence-electron chi connectivity index (χ0n) is 41.8. The van der Waals surface area contributed by atoms with Crippen LogP contribution in [-0.4, -0.2) is 21.8 Å². The number of hydrogen-bond acceptors (Lipinski definition) is 8. The number of fused-ring (bicyclic) bond motifs is 3. The normalized spacial score (nSPS) is 10.0. The second kappa shape index (κ2) is 29.1. The van der Waals surface area contributed by atoms with E-state index < -0.39 is 0 Å². The third-order valence-electron chi connectivity index (χ3n) is 11.7. The van der Waals surface area contributed by atoms with E-state index >= 15 is 0 Å². The Morgan fingerprint density at radius 2 is 0.877 bits per heavy atom. The third kappa shape index (κ3) is 15.7. The fourth-order valence-corrected chi connectivity index (χ4v) is 8.97. The van der Waals surface area contributed by atoms with Crippen molar-refractivity contribution in [1.29, 1.82) is 15.8 Å². The van der Waals surface area contributed by atoms with Gasteiger partial charge in [0.25, 0.3) is 0 Å². The molecule has 0 aliphatic carbocycles. The SMILES string of the molecule is C.Fc1ccc(Oc2ccc(I)cc2)cc1.N#Cc1cccc2[nH]ccc12.N#Cc1cccc2c1c(Br)cn2-c1ccc(Oc2ccc(F)cc2)cc1.N#Cc1cccc2c1ccn2-c1ccc(Oc2ccc(F)cc2)cc1.[B]=NS. The molecule has 12 rings (SSSR count). The number of nitrogens with one attached hydrogen (secondary N) is 1. The van der Waals surface area contributed by atoms with Crippen LogP contribution in [0.4, 0.5) is 13.2 Å². The average molecular weight is 1270 g/mol. The Morgan fingerprint density at radius 1 is 0.494 bits per heavy atom. The van der Waals surface area contributed by atoms with Gasteiger partial charge in [-0.2, -0.15) is 15.8 Å². The summed E-state index contributed by atoms with van der Waals surface area (Å²) in [6, 6.07) is 68.0. The zero-order chi connectivity index (χ0) is 56.4. The second-order valence-corrected chi connectivity index (χ2v) is 19.1. The van der Waals surface area contributed by atoms with Gasteiger partial charge in [-0.3, -0.25) is 0 Å². The van der Waals surface area contributed by atoms with Gasteiger partial charge in [0.2, 0.25) is 0 Å². The number of benzene rings is 9. The summed E-state index contributed by atoms with van der Waals surface area (Å²) in [5.41, 5.74) is 6.87. The Balaban J connectivity index is 0.000000160. The molecule has 397 valence electrons. The molecule has 9 aromatic carbocycles. The van der Waals surface area contributed by atoms with Crippen LogP contribution in [-0.2, 0) is 0 Å². The predicted octanol–water partition coefficient (Wildman–Crippen LogP) is 18.7. The Hall–Kier alpha value is -9.32. The van der Waals surface area contributed by atoms with Crippen LogP contribution in [0, 0.1) is 55.0 Å². The maximum absolute atomic E-state index is 13.0. The van der Waals surface area contributed by atoms with Crippen LogP contribution in [0.2, 0.25) is 0 Å². The quantitative estimate of drug-likeness (QED) is 0.0883. The van der Waals surface area contributed by atoms with E-state index in [1.54, 1.807) is 42.5 Å². The number of aromatic amines is 1. The van der Waals surface area contributed by atoms with E-state index in [1.807, 2.05) is 161 Å². The number of ether oxygens (including phenoxy) is 3. The van der Waals surface area contributed by atoms with Crippen LogP contribution in [0.1, 0.15) is 24.1 Å². The van der Waals surface area contributed by atoms with Crippen LogP contribution < -0.4 is 14.2 Å². The number of H-pyrrole nitrogens is 1. The molecule has 17 heteroatoms. The van der Waals surface area contributed by atoms with Crippen molar-refractivity contribution in [2.75, 3.05) is 0 Å². The maximum atomic E-state index is 13.0. The monoisotopic (exact) mass is 1260 g/mol. The van der Waals surface area contributed by atoms with Gasteiger partial charge in [0.05, 0.1) is 45.9 Å². The first kappa shape index (κ1) is 59.3. The molecule has 0 aliphatic heterocycles. The Labute approximate surface area is 494 Å². The zero-order valence-corrected chi connectivity index (χ0v) is 46.4. The number of thiol groups is 1. The predicted molar refractivity (Wildman–Crippen MR) is 329 cm³/mol. The summed E-state index contributed by atoms with van der Waals surface area (Å²) in [6.07, 6.45) is 5.73. The summed E-state index contributed by atoms with van der Waals surface area (Å²) in [5, 5.41) is 30.0. The van der Waals surface area contributed by atoms with E-state index in [-0.39, 0.29) is 24.9 Å². The first-order chi connectivity index (χ1) is 39.0. The first-order valence-corrected chi connectivity index (χ1v) is 26.2. The molecule has 1 N–H and O–H groups in total. The molecule has 0 aliphatic rings. The molecule has 0 atom stereocenters. The van der Waals surface area contributed by atoms with Gasteiger partial charge in [0, 0.05) is 59.7 Å². The van der Waals surface area contributed by atoms with E-state index in [1.165, 1.54) is 36.4 Å². The van der Waals surface area contributed by atoms with Crippen molar-refractivity contribution in [3.8, 4) is 64.1 Å². The number of halogens is 5. The van der Waals surface area contributed by atoms with Crippen LogP contribution in [0.3, 0.4) is 0 Å². The van der Waals surface area contributed by atoms with Crippen molar-refractivity contribution in [2.24, 2.45) is 4.30 Å². The average Bonchev–Trinajstić information content (AvgIpc) is 4.27. The number of rotatable bonds is 8. The molecular weight excluding hydrogens is 1220 g/mol. The van der Waals surface area contributed by atoms with E-state index in [2.05, 4.69) is 86.5 Å². The summed E-state index contributed by atoms with van der Waals surface area (Å²) in [5.74, 6) is 3.03. The fraction of sp³-hybridized carbons (Fsp3) is 0.0156. The summed E-state index contributed by atoms with van der Waals surface area (Å²) in [4.78, 5) is 3.04. The first-order valence-electron chi connectivity index (χ1n) is 23.9. The van der Waals surface area contributed by atoms with E-state index in [0.29, 0.717) is 39.9 Å². The molecule has 0 saturated heterocycles. The molecule has 12 aromatic rings. The fourth-order valence-electron chi connectivity index (χ4n) is 7.99. The Kier molecular flexibility index (Phi) is 21.3. The Bertz CT molecular complexity index is 4120. The van der Waals surface area contributed by atoms with Crippen molar-refractivity contribution >= 4 is 91.7 Å². The summed E-state index contributed by atoms with van der Waals surface area (Å²) >= 11 is 8.96. The molecule has 0 amide bonds. The minimum absolute atomic E-state index is 0. The Morgan fingerprint density at radius 3 is 1.33 bits per heavy atom. The number of aromatic nitrogens is 3. The summed E-state index contributed by atoms with van der Waals surface area (Å²) in [6.45, 7) is 0. The molecule has 0 saturated carbocycles. The number of hydrogen-bond donors (Lipinski definition) is 2. The molecule has 1 radical (unpaired) electrons. The van der Waals surface area contributed by atoms with Gasteiger partial charge in [0.15, 0.2) is 0 Å². The van der Waals surface area contributed by atoms with Crippen LogP contribution in [0.5, 0.6) is 34.5 Å². The van der Waals surface area contributed by atoms with Gasteiger partial charge in [-0.1, -0.05) is 25.6 Å². The van der Waals surface area contributed by atoms with Gasteiger partial charge >= 0.3 is 24.8 Å². The molecule has 10 nitrogen and oxygen atoms in total. The third-order valence-corrected chi connectivity index (χ3v) is 13.0. The van der Waals surface area contributed by atoms with Crippen molar-refractivity contribution < 1.29 is 27.4 Å². The van der Waals surface area contributed by atoms with Crippen LogP contribution in [0.25, 0.3) is 44.1 Å². The van der Waals surface area contributed by atoms with Crippen molar-refractivity contribution in [3.05, 3.63) is 273 Å². The van der Waals surface area contributed by atoms with Gasteiger partial charge in [-0.05, 0) is 233 Å². The van der Waals surface area contributed by atoms with Gasteiger partial charge in [-0.15, -0.1) is 0 Å². The van der Waals surface area contributed by atoms with E-state index in [9.17, 15) is 23.7 Å². The van der Waals surface area contributed by atoms with E-state index in [0.717, 1.165) is 63.4 Å².